The zero-order valence-corrected chi connectivity index (χ0v) is 12.9. The van der Waals surface area contributed by atoms with Crippen molar-refractivity contribution in [2.24, 2.45) is 0 Å². The number of carbonyl (C=O) groups excluding carboxylic acids is 1. The summed E-state index contributed by atoms with van der Waals surface area (Å²) in [4.78, 5) is 10.4. The Morgan fingerprint density at radius 3 is 2.48 bits per heavy atom. The molecule has 1 amide bonds. The standard InChI is InChI=1S/C12H14ClF2NO4S/c1-7(2)16-10(17)5-6-20-8-3-4-9(21(13,18)19)12(15)11(8)14/h3-4,7H,5-6H2,1-2H3,(H,16,17). The fourth-order valence-electron chi connectivity index (χ4n) is 1.46. The van der Waals surface area contributed by atoms with Crippen LogP contribution in [0.25, 0.3) is 0 Å². The Morgan fingerprint density at radius 1 is 1.33 bits per heavy atom. The van der Waals surface area contributed by atoms with Gasteiger partial charge in [0.2, 0.25) is 11.7 Å². The maximum Gasteiger partial charge on any atom is 0.264 e. The van der Waals surface area contributed by atoms with Crippen molar-refractivity contribution in [2.45, 2.75) is 31.2 Å². The molecule has 0 unspecified atom stereocenters. The van der Waals surface area contributed by atoms with E-state index >= 15 is 0 Å². The molecule has 0 aliphatic carbocycles. The molecule has 9 heteroatoms. The summed E-state index contributed by atoms with van der Waals surface area (Å²) in [5, 5.41) is 2.60. The Hall–Kier alpha value is -1.41. The number of ether oxygens (including phenoxy) is 1. The van der Waals surface area contributed by atoms with E-state index in [0.717, 1.165) is 12.1 Å². The molecular weight excluding hydrogens is 328 g/mol. The molecule has 0 aromatic heterocycles. The van der Waals surface area contributed by atoms with E-state index in [-0.39, 0.29) is 25.0 Å². The van der Waals surface area contributed by atoms with Gasteiger partial charge in [-0.15, -0.1) is 0 Å². The van der Waals surface area contributed by atoms with Crippen LogP contribution in [-0.2, 0) is 13.8 Å². The van der Waals surface area contributed by atoms with Crippen LogP contribution >= 0.6 is 10.7 Å². The molecule has 0 saturated heterocycles. The third-order valence-electron chi connectivity index (χ3n) is 2.31. The van der Waals surface area contributed by atoms with Gasteiger partial charge in [0.15, 0.2) is 11.6 Å². The van der Waals surface area contributed by atoms with Crippen molar-refractivity contribution < 1.29 is 26.7 Å². The van der Waals surface area contributed by atoms with Gasteiger partial charge in [-0.1, -0.05) is 0 Å². The molecule has 1 aromatic carbocycles. The summed E-state index contributed by atoms with van der Waals surface area (Å²) < 4.78 is 54.0. The van der Waals surface area contributed by atoms with Crippen molar-refractivity contribution in [2.75, 3.05) is 6.61 Å². The van der Waals surface area contributed by atoms with E-state index in [9.17, 15) is 22.0 Å². The smallest absolute Gasteiger partial charge is 0.264 e. The van der Waals surface area contributed by atoms with E-state index in [2.05, 4.69) is 5.32 Å². The Kier molecular flexibility index (Phi) is 5.91. The SMILES string of the molecule is CC(C)NC(=O)CCOc1ccc(S(=O)(=O)Cl)c(F)c1F. The lowest BCUT2D eigenvalue weighted by atomic mass is 10.3. The molecule has 0 atom stereocenters. The molecule has 0 aliphatic rings. The van der Waals surface area contributed by atoms with Crippen LogP contribution in [0.15, 0.2) is 17.0 Å². The highest BCUT2D eigenvalue weighted by Gasteiger charge is 2.22. The number of benzene rings is 1. The second-order valence-corrected chi connectivity index (χ2v) is 6.98. The van der Waals surface area contributed by atoms with Crippen molar-refractivity contribution >= 4 is 25.6 Å². The van der Waals surface area contributed by atoms with E-state index < -0.39 is 31.3 Å². The Labute approximate surface area is 125 Å². The van der Waals surface area contributed by atoms with Gasteiger partial charge in [0.25, 0.3) is 9.05 Å². The molecule has 5 nitrogen and oxygen atoms in total. The van der Waals surface area contributed by atoms with Gasteiger partial charge in [-0.3, -0.25) is 4.79 Å². The van der Waals surface area contributed by atoms with E-state index in [0.29, 0.717) is 0 Å². The number of hydrogen-bond acceptors (Lipinski definition) is 4. The maximum atomic E-state index is 13.6. The fourth-order valence-corrected chi connectivity index (χ4v) is 2.35. The monoisotopic (exact) mass is 341 g/mol. The quantitative estimate of drug-likeness (QED) is 0.805. The van der Waals surface area contributed by atoms with Crippen molar-refractivity contribution in [3.8, 4) is 5.75 Å². The molecule has 1 N–H and O–H groups in total. The zero-order valence-electron chi connectivity index (χ0n) is 11.3. The average Bonchev–Trinajstić information content (AvgIpc) is 2.32. The normalized spacial score (nSPS) is 11.5. The van der Waals surface area contributed by atoms with Gasteiger partial charge in [-0.2, -0.15) is 4.39 Å². The number of carbonyl (C=O) groups is 1. The molecule has 1 rings (SSSR count). The number of hydrogen-bond donors (Lipinski definition) is 1. The summed E-state index contributed by atoms with van der Waals surface area (Å²) in [6.07, 6.45) is -0.0468. The summed E-state index contributed by atoms with van der Waals surface area (Å²) >= 11 is 0. The number of nitrogens with one attached hydrogen (secondary N) is 1. The lowest BCUT2D eigenvalue weighted by Gasteiger charge is -2.10. The average molecular weight is 342 g/mol. The van der Waals surface area contributed by atoms with Crippen LogP contribution in [0.4, 0.5) is 8.78 Å². The topological polar surface area (TPSA) is 72.5 Å². The number of rotatable bonds is 6. The third kappa shape index (κ3) is 5.13. The molecule has 118 valence electrons. The first-order valence-electron chi connectivity index (χ1n) is 5.97. The van der Waals surface area contributed by atoms with Gasteiger partial charge in [0.1, 0.15) is 4.90 Å². The molecule has 0 fully saturated rings. The van der Waals surface area contributed by atoms with Gasteiger partial charge in [0, 0.05) is 16.7 Å². The van der Waals surface area contributed by atoms with Gasteiger partial charge < -0.3 is 10.1 Å². The first-order valence-corrected chi connectivity index (χ1v) is 8.28. The molecule has 21 heavy (non-hydrogen) atoms. The second kappa shape index (κ2) is 7.04. The summed E-state index contributed by atoms with van der Waals surface area (Å²) in [7, 11) is 0.572. The number of halogens is 3. The van der Waals surface area contributed by atoms with Crippen LogP contribution in [0.3, 0.4) is 0 Å². The van der Waals surface area contributed by atoms with Crippen molar-refractivity contribution in [1.82, 2.24) is 5.32 Å². The summed E-state index contributed by atoms with van der Waals surface area (Å²) in [5.74, 6) is -3.88. The minimum absolute atomic E-state index is 0.0418. The molecule has 0 saturated carbocycles. The molecule has 0 aliphatic heterocycles. The maximum absolute atomic E-state index is 13.6. The molecule has 0 heterocycles. The van der Waals surface area contributed by atoms with Crippen LogP contribution in [0.1, 0.15) is 20.3 Å². The third-order valence-corrected chi connectivity index (χ3v) is 3.65. The lowest BCUT2D eigenvalue weighted by Crippen LogP contribution is -2.31. The first-order chi connectivity index (χ1) is 9.62. The van der Waals surface area contributed by atoms with Crippen molar-refractivity contribution in [3.63, 3.8) is 0 Å². The van der Waals surface area contributed by atoms with Gasteiger partial charge in [-0.25, -0.2) is 12.8 Å². The Bertz CT molecular complexity index is 634. The fraction of sp³-hybridized carbons (Fsp3) is 0.417. The van der Waals surface area contributed by atoms with Gasteiger partial charge in [-0.05, 0) is 26.0 Å². The van der Waals surface area contributed by atoms with Crippen LogP contribution in [0.5, 0.6) is 5.75 Å². The Morgan fingerprint density at radius 2 is 1.95 bits per heavy atom. The predicted molar refractivity (Wildman–Crippen MR) is 72.8 cm³/mol. The Balaban J connectivity index is 2.74. The van der Waals surface area contributed by atoms with Crippen molar-refractivity contribution in [1.29, 1.82) is 0 Å². The van der Waals surface area contributed by atoms with Gasteiger partial charge in [0.05, 0.1) is 13.0 Å². The highest BCUT2D eigenvalue weighted by atomic mass is 35.7. The van der Waals surface area contributed by atoms with Crippen LogP contribution in [0, 0.1) is 11.6 Å². The molecule has 0 radical (unpaired) electrons. The van der Waals surface area contributed by atoms with E-state index in [4.69, 9.17) is 15.4 Å². The minimum Gasteiger partial charge on any atom is -0.490 e. The van der Waals surface area contributed by atoms with Crippen molar-refractivity contribution in [3.05, 3.63) is 23.8 Å². The first kappa shape index (κ1) is 17.6. The molecule has 0 spiro atoms. The second-order valence-electron chi connectivity index (χ2n) is 4.45. The van der Waals surface area contributed by atoms with Crippen LogP contribution in [0.2, 0.25) is 0 Å². The highest BCUT2D eigenvalue weighted by Crippen LogP contribution is 2.27. The molecule has 0 bridgehead atoms. The van der Waals surface area contributed by atoms with Crippen LogP contribution < -0.4 is 10.1 Å². The predicted octanol–water partition coefficient (Wildman–Crippen LogP) is 2.19. The largest absolute Gasteiger partial charge is 0.490 e. The minimum atomic E-state index is -4.38. The van der Waals surface area contributed by atoms with Gasteiger partial charge >= 0.3 is 0 Å². The van der Waals surface area contributed by atoms with E-state index in [1.807, 2.05) is 0 Å². The highest BCUT2D eigenvalue weighted by molar-refractivity contribution is 8.13. The van der Waals surface area contributed by atoms with Crippen LogP contribution in [-0.4, -0.2) is 27.0 Å². The van der Waals surface area contributed by atoms with E-state index in [1.165, 1.54) is 0 Å². The summed E-state index contributed by atoms with van der Waals surface area (Å²) in [6, 6.07) is 1.69. The van der Waals surface area contributed by atoms with E-state index in [1.54, 1.807) is 13.8 Å². The summed E-state index contributed by atoms with van der Waals surface area (Å²) in [6.45, 7) is 3.38. The zero-order chi connectivity index (χ0) is 16.2. The molecular formula is C12H14ClF2NO4S. The number of amides is 1. The molecule has 1 aromatic rings. The summed E-state index contributed by atoms with van der Waals surface area (Å²) in [5.41, 5.74) is 0. The lowest BCUT2D eigenvalue weighted by molar-refractivity contribution is -0.122.